The summed E-state index contributed by atoms with van der Waals surface area (Å²) in [6.07, 6.45) is 2.45. The Bertz CT molecular complexity index is 1230. The zero-order chi connectivity index (χ0) is 22.5. The van der Waals surface area contributed by atoms with Gasteiger partial charge >= 0.3 is 0 Å². The molecule has 0 spiro atoms. The number of nitrogens with zero attached hydrogens (tertiary/aromatic N) is 3. The van der Waals surface area contributed by atoms with Gasteiger partial charge in [0.05, 0.1) is 18.3 Å². The molecule has 0 radical (unpaired) electrons. The number of furan rings is 1. The minimum absolute atomic E-state index is 0.178. The van der Waals surface area contributed by atoms with Crippen LogP contribution in [0.25, 0.3) is 10.9 Å². The molecule has 6 nitrogen and oxygen atoms in total. The number of hydrogen-bond acceptors (Lipinski definition) is 5. The average Bonchev–Trinajstić information content (AvgIpc) is 3.29. The number of rotatable bonds is 8. The van der Waals surface area contributed by atoms with Crippen LogP contribution in [-0.4, -0.2) is 22.4 Å². The fraction of sp³-hybridized carbons (Fsp3) is 0.208. The van der Waals surface area contributed by atoms with Crippen LogP contribution in [0, 0.1) is 5.82 Å². The molecule has 4 aromatic rings. The topological polar surface area (TPSA) is 71.3 Å². The molecule has 0 saturated carbocycles. The Balaban J connectivity index is 1.62. The molecule has 0 fully saturated rings. The highest BCUT2D eigenvalue weighted by atomic mass is 35.5. The molecule has 0 aliphatic heterocycles. The zero-order valence-electron chi connectivity index (χ0n) is 17.5. The highest BCUT2D eigenvalue weighted by Crippen LogP contribution is 2.28. The van der Waals surface area contributed by atoms with E-state index in [0.717, 1.165) is 16.7 Å². The normalized spacial score (nSPS) is 11.0. The fourth-order valence-corrected chi connectivity index (χ4v) is 3.58. The molecule has 2 heterocycles. The second-order valence-corrected chi connectivity index (χ2v) is 7.72. The second-order valence-electron chi connectivity index (χ2n) is 7.29. The number of aryl methyl sites for hydroxylation is 1. The van der Waals surface area contributed by atoms with Gasteiger partial charge in [-0.2, -0.15) is 0 Å². The third kappa shape index (κ3) is 5.23. The number of benzene rings is 2. The van der Waals surface area contributed by atoms with E-state index >= 15 is 0 Å². The molecule has 0 bridgehead atoms. The maximum atomic E-state index is 13.4. The Morgan fingerprint density at radius 1 is 1.16 bits per heavy atom. The summed E-state index contributed by atoms with van der Waals surface area (Å²) < 4.78 is 19.0. The zero-order valence-corrected chi connectivity index (χ0v) is 18.3. The first-order chi connectivity index (χ1) is 15.5. The number of halogens is 2. The summed E-state index contributed by atoms with van der Waals surface area (Å²) in [6, 6.07) is 15.0. The first-order valence-corrected chi connectivity index (χ1v) is 10.7. The van der Waals surface area contributed by atoms with Gasteiger partial charge in [-0.15, -0.1) is 0 Å². The molecule has 32 heavy (non-hydrogen) atoms. The van der Waals surface area contributed by atoms with Crippen LogP contribution < -0.4 is 10.2 Å². The molecular formula is C24H22ClFN4O2. The van der Waals surface area contributed by atoms with Crippen molar-refractivity contribution in [3.8, 4) is 0 Å². The molecule has 0 saturated heterocycles. The smallest absolute Gasteiger partial charge is 0.226 e. The summed E-state index contributed by atoms with van der Waals surface area (Å²) in [4.78, 5) is 23.9. The van der Waals surface area contributed by atoms with Gasteiger partial charge in [0.1, 0.15) is 23.2 Å². The molecule has 4 rings (SSSR count). The minimum atomic E-state index is -0.402. The molecule has 164 valence electrons. The molecule has 0 atom stereocenters. The largest absolute Gasteiger partial charge is 0.467 e. The van der Waals surface area contributed by atoms with Crippen LogP contribution in [0.4, 0.5) is 15.9 Å². The van der Waals surface area contributed by atoms with Crippen molar-refractivity contribution in [1.82, 2.24) is 9.97 Å². The van der Waals surface area contributed by atoms with E-state index in [1.165, 1.54) is 12.1 Å². The van der Waals surface area contributed by atoms with E-state index in [1.54, 1.807) is 24.5 Å². The van der Waals surface area contributed by atoms with E-state index in [0.29, 0.717) is 41.9 Å². The quantitative estimate of drug-likeness (QED) is 0.376. The van der Waals surface area contributed by atoms with Crippen LogP contribution in [0.3, 0.4) is 0 Å². The van der Waals surface area contributed by atoms with Gasteiger partial charge in [-0.25, -0.2) is 14.4 Å². The maximum Gasteiger partial charge on any atom is 0.226 e. The lowest BCUT2D eigenvalue weighted by Gasteiger charge is -2.24. The molecular weight excluding hydrogens is 431 g/mol. The van der Waals surface area contributed by atoms with Gasteiger partial charge in [0, 0.05) is 35.5 Å². The SMILES string of the molecule is CCc1nc(N(CCC(=O)Nc2cccc(F)c2)Cc2ccco2)c2ccc(Cl)cc2n1. The van der Waals surface area contributed by atoms with Crippen LogP contribution in [0.5, 0.6) is 0 Å². The van der Waals surface area contributed by atoms with E-state index in [9.17, 15) is 9.18 Å². The molecule has 0 aliphatic rings. The molecule has 0 unspecified atom stereocenters. The van der Waals surface area contributed by atoms with Crippen LogP contribution in [0.1, 0.15) is 24.9 Å². The summed E-state index contributed by atoms with van der Waals surface area (Å²) in [5.41, 5.74) is 1.16. The van der Waals surface area contributed by atoms with Gasteiger partial charge in [-0.05, 0) is 48.5 Å². The predicted molar refractivity (Wildman–Crippen MR) is 123 cm³/mol. The number of nitrogens with one attached hydrogen (secondary N) is 1. The minimum Gasteiger partial charge on any atom is -0.467 e. The number of hydrogen-bond donors (Lipinski definition) is 1. The Kier molecular flexibility index (Phi) is 6.66. The van der Waals surface area contributed by atoms with E-state index in [4.69, 9.17) is 21.0 Å². The number of carbonyl (C=O) groups excluding carboxylic acids is 1. The van der Waals surface area contributed by atoms with Crippen molar-refractivity contribution < 1.29 is 13.6 Å². The molecule has 0 aliphatic carbocycles. The van der Waals surface area contributed by atoms with Gasteiger partial charge in [-0.3, -0.25) is 4.79 Å². The second kappa shape index (κ2) is 9.78. The molecule has 2 aromatic heterocycles. The van der Waals surface area contributed by atoms with Crippen LogP contribution in [-0.2, 0) is 17.8 Å². The third-order valence-corrected chi connectivity index (χ3v) is 5.18. The van der Waals surface area contributed by atoms with Gasteiger partial charge < -0.3 is 14.6 Å². The first kappa shape index (κ1) is 21.8. The molecule has 1 N–H and O–H groups in total. The highest BCUT2D eigenvalue weighted by Gasteiger charge is 2.18. The van der Waals surface area contributed by atoms with Crippen LogP contribution >= 0.6 is 11.6 Å². The predicted octanol–water partition coefficient (Wildman–Crippen LogP) is 5.61. The number of fused-ring (bicyclic) bond motifs is 1. The standard InChI is InChI=1S/C24H22ClFN4O2/c1-2-22-28-21-13-16(25)8-9-20(21)24(29-22)30(15-19-7-4-12-32-19)11-10-23(31)27-18-6-3-5-17(26)14-18/h3-9,12-14H,2,10-11,15H2,1H3,(H,27,31). The van der Waals surface area contributed by atoms with Gasteiger partial charge in [0.25, 0.3) is 0 Å². The monoisotopic (exact) mass is 452 g/mol. The molecule has 2 aromatic carbocycles. The first-order valence-electron chi connectivity index (χ1n) is 10.3. The van der Waals surface area contributed by atoms with Gasteiger partial charge in [-0.1, -0.05) is 24.6 Å². The number of amides is 1. The van der Waals surface area contributed by atoms with E-state index in [1.807, 2.05) is 36.1 Å². The van der Waals surface area contributed by atoms with E-state index in [2.05, 4.69) is 10.3 Å². The van der Waals surface area contributed by atoms with Crippen LogP contribution in [0.15, 0.2) is 65.3 Å². The summed E-state index contributed by atoms with van der Waals surface area (Å²) in [7, 11) is 0. The van der Waals surface area contributed by atoms with Gasteiger partial charge in [0.15, 0.2) is 0 Å². The lowest BCUT2D eigenvalue weighted by molar-refractivity contribution is -0.116. The Morgan fingerprint density at radius 3 is 2.78 bits per heavy atom. The maximum absolute atomic E-state index is 13.4. The van der Waals surface area contributed by atoms with Crippen molar-refractivity contribution in [2.24, 2.45) is 0 Å². The lowest BCUT2D eigenvalue weighted by Crippen LogP contribution is -2.28. The van der Waals surface area contributed by atoms with Crippen molar-refractivity contribution in [2.75, 3.05) is 16.8 Å². The number of carbonyl (C=O) groups is 1. The van der Waals surface area contributed by atoms with Crippen molar-refractivity contribution >= 4 is 39.9 Å². The Morgan fingerprint density at radius 2 is 2.03 bits per heavy atom. The highest BCUT2D eigenvalue weighted by molar-refractivity contribution is 6.31. The Labute approximate surface area is 190 Å². The van der Waals surface area contributed by atoms with Crippen LogP contribution in [0.2, 0.25) is 5.02 Å². The van der Waals surface area contributed by atoms with Crippen molar-refractivity contribution in [3.05, 3.63) is 83.3 Å². The third-order valence-electron chi connectivity index (χ3n) is 4.94. The van der Waals surface area contributed by atoms with E-state index < -0.39 is 5.82 Å². The summed E-state index contributed by atoms with van der Waals surface area (Å²) in [5.74, 6) is 1.51. The number of anilines is 2. The van der Waals surface area contributed by atoms with Crippen molar-refractivity contribution in [3.63, 3.8) is 0 Å². The van der Waals surface area contributed by atoms with Crippen molar-refractivity contribution in [2.45, 2.75) is 26.3 Å². The molecule has 1 amide bonds. The lowest BCUT2D eigenvalue weighted by atomic mass is 10.2. The molecule has 8 heteroatoms. The fourth-order valence-electron chi connectivity index (χ4n) is 3.41. The summed E-state index contributed by atoms with van der Waals surface area (Å²) in [5, 5.41) is 4.17. The average molecular weight is 453 g/mol. The summed E-state index contributed by atoms with van der Waals surface area (Å²) in [6.45, 7) is 2.79. The van der Waals surface area contributed by atoms with Gasteiger partial charge in [0.2, 0.25) is 5.91 Å². The van der Waals surface area contributed by atoms with E-state index in [-0.39, 0.29) is 12.3 Å². The van der Waals surface area contributed by atoms with Crippen molar-refractivity contribution in [1.29, 1.82) is 0 Å². The number of aromatic nitrogens is 2. The Hall–Kier alpha value is -3.45. The summed E-state index contributed by atoms with van der Waals surface area (Å²) >= 11 is 6.18.